The van der Waals surface area contributed by atoms with E-state index in [0.717, 1.165) is 5.56 Å². The minimum atomic E-state index is -2.05. The molecule has 1 N–H and O–H groups in total. The first kappa shape index (κ1) is 3.37. The molecule has 1 aromatic rings. The van der Waals surface area contributed by atoms with E-state index in [9.17, 15) is 0 Å². The standard InChI is InChI=1S/C8H11N/c1-9-7-8-5-3-2-4-6-8/h2-6,9H,7H2,1H3/i1D3. The van der Waals surface area contributed by atoms with Crippen molar-refractivity contribution in [3.63, 3.8) is 0 Å². The fourth-order valence-electron chi connectivity index (χ4n) is 0.698. The van der Waals surface area contributed by atoms with E-state index in [1.807, 2.05) is 30.3 Å². The lowest BCUT2D eigenvalue weighted by atomic mass is 10.2. The molecule has 0 fully saturated rings. The summed E-state index contributed by atoms with van der Waals surface area (Å²) in [5, 5.41) is 2.44. The van der Waals surface area contributed by atoms with Gasteiger partial charge in [0.25, 0.3) is 0 Å². The largest absolute Gasteiger partial charge is 0.316 e. The van der Waals surface area contributed by atoms with Gasteiger partial charge in [-0.1, -0.05) is 30.3 Å². The Morgan fingerprint density at radius 3 is 2.89 bits per heavy atom. The van der Waals surface area contributed by atoms with Gasteiger partial charge in [0.15, 0.2) is 0 Å². The molecule has 0 radical (unpaired) electrons. The van der Waals surface area contributed by atoms with Crippen LogP contribution in [0.1, 0.15) is 9.68 Å². The molecule has 0 amide bonds. The molecule has 0 saturated heterocycles. The zero-order chi connectivity index (χ0) is 9.03. The molecule has 0 saturated carbocycles. The van der Waals surface area contributed by atoms with E-state index in [-0.39, 0.29) is 0 Å². The second-order valence-corrected chi connectivity index (χ2v) is 1.84. The van der Waals surface area contributed by atoms with Gasteiger partial charge in [-0.25, -0.2) is 0 Å². The van der Waals surface area contributed by atoms with Crippen molar-refractivity contribution >= 4 is 0 Å². The third-order valence-corrected chi connectivity index (χ3v) is 1.14. The SMILES string of the molecule is [2H]C([2H])([2H])NCc1ccccc1. The van der Waals surface area contributed by atoms with Gasteiger partial charge >= 0.3 is 0 Å². The predicted molar refractivity (Wildman–Crippen MR) is 39.2 cm³/mol. The van der Waals surface area contributed by atoms with Crippen LogP contribution >= 0.6 is 0 Å². The van der Waals surface area contributed by atoms with E-state index in [0.29, 0.717) is 6.54 Å². The summed E-state index contributed by atoms with van der Waals surface area (Å²) < 4.78 is 20.7. The van der Waals surface area contributed by atoms with Crippen LogP contribution in [-0.2, 0) is 6.54 Å². The highest BCUT2D eigenvalue weighted by molar-refractivity contribution is 5.13. The third kappa shape index (κ3) is 1.86. The van der Waals surface area contributed by atoms with Gasteiger partial charge in [0.2, 0.25) is 0 Å². The van der Waals surface area contributed by atoms with Crippen LogP contribution < -0.4 is 5.32 Å². The van der Waals surface area contributed by atoms with Gasteiger partial charge in [-0.3, -0.25) is 0 Å². The Morgan fingerprint density at radius 1 is 1.44 bits per heavy atom. The van der Waals surface area contributed by atoms with Gasteiger partial charge in [-0.15, -0.1) is 0 Å². The molecule has 0 aliphatic carbocycles. The van der Waals surface area contributed by atoms with Crippen LogP contribution in [0.25, 0.3) is 0 Å². The molecule has 0 heterocycles. The van der Waals surface area contributed by atoms with Crippen molar-refractivity contribution in [3.8, 4) is 0 Å². The Hall–Kier alpha value is -0.820. The summed E-state index contributed by atoms with van der Waals surface area (Å²) in [6.45, 7) is -1.66. The summed E-state index contributed by atoms with van der Waals surface area (Å²) in [4.78, 5) is 0. The summed E-state index contributed by atoms with van der Waals surface area (Å²) in [7, 11) is 0. The topological polar surface area (TPSA) is 12.0 Å². The van der Waals surface area contributed by atoms with Crippen molar-refractivity contribution in [3.05, 3.63) is 35.9 Å². The smallest absolute Gasteiger partial charge is 0.0391 e. The predicted octanol–water partition coefficient (Wildman–Crippen LogP) is 1.41. The van der Waals surface area contributed by atoms with E-state index in [1.54, 1.807) is 0 Å². The van der Waals surface area contributed by atoms with Gasteiger partial charge in [0.1, 0.15) is 0 Å². The van der Waals surface area contributed by atoms with Crippen LogP contribution in [-0.4, -0.2) is 6.98 Å². The van der Waals surface area contributed by atoms with E-state index in [2.05, 4.69) is 5.32 Å². The highest BCUT2D eigenvalue weighted by atomic mass is 14.8. The molecule has 0 aliphatic rings. The van der Waals surface area contributed by atoms with Crippen molar-refractivity contribution in [1.82, 2.24) is 5.32 Å². The maximum atomic E-state index is 6.90. The Morgan fingerprint density at radius 2 is 2.22 bits per heavy atom. The van der Waals surface area contributed by atoms with E-state index < -0.39 is 6.98 Å². The summed E-state index contributed by atoms with van der Waals surface area (Å²) >= 11 is 0. The van der Waals surface area contributed by atoms with E-state index in [1.165, 1.54) is 0 Å². The number of hydrogen-bond donors (Lipinski definition) is 1. The minimum absolute atomic E-state index is 0.386. The van der Waals surface area contributed by atoms with Gasteiger partial charge in [-0.05, 0) is 12.5 Å². The summed E-state index contributed by atoms with van der Waals surface area (Å²) in [6.07, 6.45) is 0. The lowest BCUT2D eigenvalue weighted by Gasteiger charge is -1.95. The van der Waals surface area contributed by atoms with Crippen LogP contribution in [0.3, 0.4) is 0 Å². The van der Waals surface area contributed by atoms with Crippen molar-refractivity contribution < 1.29 is 4.11 Å². The zero-order valence-electron chi connectivity index (χ0n) is 8.09. The van der Waals surface area contributed by atoms with Crippen LogP contribution in [0.15, 0.2) is 30.3 Å². The summed E-state index contributed by atoms with van der Waals surface area (Å²) in [6, 6.07) is 9.45. The fraction of sp³-hybridized carbons (Fsp3) is 0.250. The summed E-state index contributed by atoms with van der Waals surface area (Å²) in [5.74, 6) is 0. The maximum Gasteiger partial charge on any atom is 0.0391 e. The van der Waals surface area contributed by atoms with Crippen molar-refractivity contribution in [2.24, 2.45) is 0 Å². The van der Waals surface area contributed by atoms with Gasteiger partial charge in [0.05, 0.1) is 0 Å². The molecule has 1 heteroatoms. The van der Waals surface area contributed by atoms with Gasteiger partial charge < -0.3 is 5.32 Å². The molecule has 0 aliphatic heterocycles. The highest BCUT2D eigenvalue weighted by Gasteiger charge is 1.83. The van der Waals surface area contributed by atoms with Crippen LogP contribution in [0, 0.1) is 0 Å². The highest BCUT2D eigenvalue weighted by Crippen LogP contribution is 1.95. The molecule has 9 heavy (non-hydrogen) atoms. The summed E-state index contributed by atoms with van der Waals surface area (Å²) in [5.41, 5.74) is 0.980. The lowest BCUT2D eigenvalue weighted by Crippen LogP contribution is -2.04. The first-order valence-electron chi connectivity index (χ1n) is 4.37. The molecule has 0 atom stereocenters. The Balaban J connectivity index is 2.44. The molecule has 48 valence electrons. The van der Waals surface area contributed by atoms with Crippen molar-refractivity contribution in [1.29, 1.82) is 0 Å². The van der Waals surface area contributed by atoms with E-state index >= 15 is 0 Å². The molecule has 1 nitrogen and oxygen atoms in total. The molecule has 0 bridgehead atoms. The van der Waals surface area contributed by atoms with Crippen LogP contribution in [0.4, 0.5) is 0 Å². The maximum absolute atomic E-state index is 6.90. The molecule has 1 rings (SSSR count). The normalized spacial score (nSPS) is 15.8. The number of benzene rings is 1. The minimum Gasteiger partial charge on any atom is -0.316 e. The van der Waals surface area contributed by atoms with Gasteiger partial charge in [-0.2, -0.15) is 0 Å². The van der Waals surface area contributed by atoms with E-state index in [4.69, 9.17) is 4.11 Å². The quantitative estimate of drug-likeness (QED) is 0.628. The van der Waals surface area contributed by atoms with Crippen LogP contribution in [0.5, 0.6) is 0 Å². The Bertz CT molecular complexity index is 230. The average Bonchev–Trinajstić information content (AvgIpc) is 2.02. The first-order chi connectivity index (χ1) is 5.58. The molecule has 1 aromatic carbocycles. The van der Waals surface area contributed by atoms with Gasteiger partial charge in [0, 0.05) is 10.7 Å². The fourth-order valence-corrected chi connectivity index (χ4v) is 0.698. The molecule has 0 spiro atoms. The number of hydrogen-bond acceptors (Lipinski definition) is 1. The number of nitrogens with one attached hydrogen (secondary N) is 1. The monoisotopic (exact) mass is 124 g/mol. The third-order valence-electron chi connectivity index (χ3n) is 1.14. The van der Waals surface area contributed by atoms with Crippen molar-refractivity contribution in [2.75, 3.05) is 6.98 Å². The lowest BCUT2D eigenvalue weighted by molar-refractivity contribution is 0.818. The van der Waals surface area contributed by atoms with Crippen molar-refractivity contribution in [2.45, 2.75) is 6.54 Å². The first-order valence-corrected chi connectivity index (χ1v) is 2.87. The average molecular weight is 124 g/mol. The second-order valence-electron chi connectivity index (χ2n) is 1.84. The molecular weight excluding hydrogens is 110 g/mol. The Labute approximate surface area is 59.9 Å². The molecular formula is C8H11N. The molecule has 0 aromatic heterocycles. The molecule has 0 unspecified atom stereocenters. The number of rotatable bonds is 2. The Kier molecular flexibility index (Phi) is 1.22. The second kappa shape index (κ2) is 3.25. The van der Waals surface area contributed by atoms with Crippen LogP contribution in [0.2, 0.25) is 0 Å². The zero-order valence-corrected chi connectivity index (χ0v) is 5.09.